The van der Waals surface area contributed by atoms with Crippen molar-refractivity contribution in [3.8, 4) is 16.9 Å². The van der Waals surface area contributed by atoms with Gasteiger partial charge in [-0.05, 0) is 35.2 Å². The number of hydrogen-bond donors (Lipinski definition) is 0. The Kier molecular flexibility index (Phi) is 2.45. The van der Waals surface area contributed by atoms with E-state index in [4.69, 9.17) is 4.74 Å². The van der Waals surface area contributed by atoms with Crippen molar-refractivity contribution in [1.82, 2.24) is 0 Å². The highest BCUT2D eigenvalue weighted by atomic mass is 16.5. The fraction of sp³-hybridized carbons (Fsp3) is 0.125. The summed E-state index contributed by atoms with van der Waals surface area (Å²) in [5.41, 5.74) is 5.03. The average Bonchev–Trinajstić information content (AvgIpc) is 2.86. The molecule has 0 N–H and O–H groups in total. The molecule has 0 saturated carbocycles. The molecule has 1 aliphatic rings. The molecule has 0 heterocycles. The van der Waals surface area contributed by atoms with Crippen LogP contribution < -0.4 is 4.74 Å². The van der Waals surface area contributed by atoms with Crippen LogP contribution in [0.1, 0.15) is 11.1 Å². The first kappa shape index (κ1) is 10.2. The van der Waals surface area contributed by atoms with E-state index in [1.165, 1.54) is 22.3 Å². The van der Waals surface area contributed by atoms with Crippen molar-refractivity contribution < 1.29 is 4.74 Å². The fourth-order valence-corrected chi connectivity index (χ4v) is 2.32. The van der Waals surface area contributed by atoms with Crippen LogP contribution in [-0.4, -0.2) is 7.11 Å². The maximum atomic E-state index is 5.48. The number of hydrogen-bond acceptors (Lipinski definition) is 1. The van der Waals surface area contributed by atoms with Crippen LogP contribution in [0, 0.1) is 0 Å². The Morgan fingerprint density at radius 1 is 1.00 bits per heavy atom. The lowest BCUT2D eigenvalue weighted by Gasteiger charge is -2.10. The molecule has 84 valence electrons. The third-order valence-corrected chi connectivity index (χ3v) is 3.19. The molecular weight excluding hydrogens is 208 g/mol. The number of methoxy groups -OCH3 is 1. The van der Waals surface area contributed by atoms with Gasteiger partial charge in [0.2, 0.25) is 0 Å². The zero-order valence-corrected chi connectivity index (χ0v) is 9.81. The average molecular weight is 222 g/mol. The van der Waals surface area contributed by atoms with E-state index in [9.17, 15) is 0 Å². The predicted molar refractivity (Wildman–Crippen MR) is 71.2 cm³/mol. The smallest absolute Gasteiger partial charge is 0.123 e. The molecule has 1 heteroatoms. The van der Waals surface area contributed by atoms with Crippen molar-refractivity contribution in [2.24, 2.45) is 0 Å². The topological polar surface area (TPSA) is 9.23 Å². The lowest BCUT2D eigenvalue weighted by molar-refractivity contribution is 0.411. The third kappa shape index (κ3) is 1.74. The summed E-state index contributed by atoms with van der Waals surface area (Å²) in [6.45, 7) is 0. The minimum absolute atomic E-state index is 0.980. The van der Waals surface area contributed by atoms with Crippen LogP contribution >= 0.6 is 0 Å². The standard InChI is InChI=1S/C16H14O/c1-17-16-11-14(12-6-3-2-4-7-12)10-13-8-5-9-15(13)16/h2-8,10-11H,9H2,1H3. The molecule has 0 saturated heterocycles. The van der Waals surface area contributed by atoms with E-state index in [1.807, 2.05) is 6.07 Å². The van der Waals surface area contributed by atoms with E-state index in [0.29, 0.717) is 0 Å². The lowest BCUT2D eigenvalue weighted by atomic mass is 9.99. The fourth-order valence-electron chi connectivity index (χ4n) is 2.32. The predicted octanol–water partition coefficient (Wildman–Crippen LogP) is 3.93. The second-order valence-electron chi connectivity index (χ2n) is 4.22. The molecule has 17 heavy (non-hydrogen) atoms. The quantitative estimate of drug-likeness (QED) is 0.748. The Labute approximate surface area is 101 Å². The highest BCUT2D eigenvalue weighted by molar-refractivity contribution is 5.74. The Hall–Kier alpha value is -2.02. The van der Waals surface area contributed by atoms with Gasteiger partial charge in [0.05, 0.1) is 7.11 Å². The van der Waals surface area contributed by atoms with Gasteiger partial charge in [-0.3, -0.25) is 0 Å². The summed E-state index contributed by atoms with van der Waals surface area (Å²) >= 11 is 0. The second-order valence-corrected chi connectivity index (χ2v) is 4.22. The lowest BCUT2D eigenvalue weighted by Crippen LogP contribution is -1.92. The molecule has 0 radical (unpaired) electrons. The largest absolute Gasteiger partial charge is 0.496 e. The minimum atomic E-state index is 0.980. The summed E-state index contributed by atoms with van der Waals surface area (Å²) in [5.74, 6) is 0.992. The van der Waals surface area contributed by atoms with Crippen LogP contribution in [0.5, 0.6) is 5.75 Å². The summed E-state index contributed by atoms with van der Waals surface area (Å²) in [6, 6.07) is 14.8. The summed E-state index contributed by atoms with van der Waals surface area (Å²) < 4.78 is 5.48. The highest BCUT2D eigenvalue weighted by Gasteiger charge is 2.13. The van der Waals surface area contributed by atoms with E-state index in [-0.39, 0.29) is 0 Å². The van der Waals surface area contributed by atoms with E-state index in [0.717, 1.165) is 12.2 Å². The van der Waals surface area contributed by atoms with Gasteiger partial charge in [0.25, 0.3) is 0 Å². The molecule has 2 aromatic rings. The maximum absolute atomic E-state index is 5.48. The maximum Gasteiger partial charge on any atom is 0.123 e. The van der Waals surface area contributed by atoms with Crippen molar-refractivity contribution in [2.45, 2.75) is 6.42 Å². The summed E-state index contributed by atoms with van der Waals surface area (Å²) in [6.07, 6.45) is 5.33. The van der Waals surface area contributed by atoms with Gasteiger partial charge in [0, 0.05) is 5.56 Å². The SMILES string of the molecule is COc1cc(-c2ccccc2)cc2c1CC=C2. The number of ether oxygens (including phenoxy) is 1. The number of allylic oxidation sites excluding steroid dienone is 1. The monoisotopic (exact) mass is 222 g/mol. The van der Waals surface area contributed by atoms with E-state index in [1.54, 1.807) is 7.11 Å². The molecule has 3 rings (SSSR count). The number of benzene rings is 2. The van der Waals surface area contributed by atoms with Crippen molar-refractivity contribution in [1.29, 1.82) is 0 Å². The van der Waals surface area contributed by atoms with Gasteiger partial charge < -0.3 is 4.74 Å². The van der Waals surface area contributed by atoms with E-state index in [2.05, 4.69) is 48.6 Å². The van der Waals surface area contributed by atoms with Gasteiger partial charge in [0.1, 0.15) is 5.75 Å². The van der Waals surface area contributed by atoms with Crippen LogP contribution in [0.3, 0.4) is 0 Å². The normalized spacial score (nSPS) is 12.5. The van der Waals surface area contributed by atoms with Crippen LogP contribution in [0.25, 0.3) is 17.2 Å². The van der Waals surface area contributed by atoms with Gasteiger partial charge in [-0.1, -0.05) is 42.5 Å². The first-order valence-electron chi connectivity index (χ1n) is 5.81. The summed E-state index contributed by atoms with van der Waals surface area (Å²) in [4.78, 5) is 0. The molecule has 0 aliphatic heterocycles. The third-order valence-electron chi connectivity index (χ3n) is 3.19. The molecule has 0 bridgehead atoms. The number of fused-ring (bicyclic) bond motifs is 1. The van der Waals surface area contributed by atoms with Crippen molar-refractivity contribution >= 4 is 6.08 Å². The first-order chi connectivity index (χ1) is 8.38. The van der Waals surface area contributed by atoms with Gasteiger partial charge in [-0.25, -0.2) is 0 Å². The molecule has 0 amide bonds. The molecule has 0 spiro atoms. The van der Waals surface area contributed by atoms with Crippen molar-refractivity contribution in [2.75, 3.05) is 7.11 Å². The molecule has 0 aromatic heterocycles. The Morgan fingerprint density at radius 3 is 2.59 bits per heavy atom. The molecule has 0 unspecified atom stereocenters. The van der Waals surface area contributed by atoms with Crippen molar-refractivity contribution in [3.63, 3.8) is 0 Å². The van der Waals surface area contributed by atoms with Crippen LogP contribution in [0.2, 0.25) is 0 Å². The second kappa shape index (κ2) is 4.10. The first-order valence-corrected chi connectivity index (χ1v) is 5.81. The Morgan fingerprint density at radius 2 is 1.82 bits per heavy atom. The zero-order valence-electron chi connectivity index (χ0n) is 9.81. The zero-order chi connectivity index (χ0) is 11.7. The van der Waals surface area contributed by atoms with E-state index >= 15 is 0 Å². The molecule has 2 aromatic carbocycles. The van der Waals surface area contributed by atoms with Crippen LogP contribution in [0.15, 0.2) is 48.5 Å². The number of rotatable bonds is 2. The summed E-state index contributed by atoms with van der Waals surface area (Å²) in [5, 5.41) is 0. The van der Waals surface area contributed by atoms with Gasteiger partial charge in [0.15, 0.2) is 0 Å². The van der Waals surface area contributed by atoms with Gasteiger partial charge in [-0.15, -0.1) is 0 Å². The van der Waals surface area contributed by atoms with Crippen LogP contribution in [0.4, 0.5) is 0 Å². The summed E-state index contributed by atoms with van der Waals surface area (Å²) in [7, 11) is 1.74. The highest BCUT2D eigenvalue weighted by Crippen LogP contribution is 2.34. The molecule has 0 atom stereocenters. The Balaban J connectivity index is 2.16. The van der Waals surface area contributed by atoms with Crippen molar-refractivity contribution in [3.05, 3.63) is 59.7 Å². The molecule has 1 aliphatic carbocycles. The minimum Gasteiger partial charge on any atom is -0.496 e. The van der Waals surface area contributed by atoms with Gasteiger partial charge >= 0.3 is 0 Å². The molecule has 1 nitrogen and oxygen atoms in total. The van der Waals surface area contributed by atoms with E-state index < -0.39 is 0 Å². The van der Waals surface area contributed by atoms with Gasteiger partial charge in [-0.2, -0.15) is 0 Å². The Bertz CT molecular complexity index is 568. The molecular formula is C16H14O. The van der Waals surface area contributed by atoms with Crippen LogP contribution in [-0.2, 0) is 6.42 Å². The molecule has 0 fully saturated rings.